The van der Waals surface area contributed by atoms with Gasteiger partial charge in [0.05, 0.1) is 0 Å². The van der Waals surface area contributed by atoms with Gasteiger partial charge in [0.15, 0.2) is 5.23 Å². The molecule has 0 aromatic carbocycles. The summed E-state index contributed by atoms with van der Waals surface area (Å²) in [5.41, 5.74) is 0. The second kappa shape index (κ2) is 17.5. The lowest BCUT2D eigenvalue weighted by Gasteiger charge is -2.08. The first kappa shape index (κ1) is 23.7. The van der Waals surface area contributed by atoms with Crippen LogP contribution >= 0.6 is 0 Å². The van der Waals surface area contributed by atoms with Crippen LogP contribution in [0.1, 0.15) is 97.3 Å². The molecular formula is C20H40O3S. The molecule has 0 aliphatic carbocycles. The molecule has 0 aromatic rings. The van der Waals surface area contributed by atoms with Crippen LogP contribution in [0.2, 0.25) is 0 Å². The average Bonchev–Trinajstić information content (AvgIpc) is 2.65. The van der Waals surface area contributed by atoms with Crippen molar-refractivity contribution < 1.29 is 13.7 Å². The Balaban J connectivity index is 0.000000728. The maximum atomic E-state index is 11.7. The van der Waals surface area contributed by atoms with E-state index in [2.05, 4.69) is 6.92 Å². The van der Waals surface area contributed by atoms with Crippen LogP contribution in [0.15, 0.2) is 0 Å². The third kappa shape index (κ3) is 15.2. The molecule has 144 valence electrons. The van der Waals surface area contributed by atoms with Gasteiger partial charge in [0.2, 0.25) is 0 Å². The molecule has 24 heavy (non-hydrogen) atoms. The van der Waals surface area contributed by atoms with Gasteiger partial charge >= 0.3 is 0 Å². The average molecular weight is 361 g/mol. The zero-order chi connectivity index (χ0) is 17.9. The normalized spacial score (nSPS) is 16.6. The molecule has 0 aromatic heterocycles. The number of rotatable bonds is 12. The van der Waals surface area contributed by atoms with Crippen molar-refractivity contribution in [2.45, 2.75) is 97.3 Å². The van der Waals surface area contributed by atoms with E-state index in [9.17, 15) is 9.00 Å². The van der Waals surface area contributed by atoms with Crippen LogP contribution in [-0.4, -0.2) is 34.2 Å². The Morgan fingerprint density at radius 1 is 0.792 bits per heavy atom. The summed E-state index contributed by atoms with van der Waals surface area (Å²) in [5, 5.41) is 1.74. The molecular weight excluding hydrogens is 320 g/mol. The fraction of sp³-hybridized carbons (Fsp3) is 0.950. The van der Waals surface area contributed by atoms with Gasteiger partial charge in [-0.1, -0.05) is 71.6 Å². The lowest BCUT2D eigenvalue weighted by molar-refractivity contribution is 0.0968. The van der Waals surface area contributed by atoms with Crippen LogP contribution in [0.3, 0.4) is 0 Å². The Morgan fingerprint density at radius 3 is 1.62 bits per heavy atom. The second-order valence-electron chi connectivity index (χ2n) is 6.74. The van der Waals surface area contributed by atoms with Gasteiger partial charge in [-0.15, -0.1) is 0 Å². The smallest absolute Gasteiger partial charge is 0.186 e. The van der Waals surface area contributed by atoms with Crippen molar-refractivity contribution in [3.8, 4) is 0 Å². The van der Waals surface area contributed by atoms with Crippen LogP contribution < -0.4 is 0 Å². The number of hydrogen-bond donors (Lipinski definition) is 0. The first-order valence-electron chi connectivity index (χ1n) is 10.1. The molecule has 1 saturated heterocycles. The first-order chi connectivity index (χ1) is 11.7. The molecule has 0 radical (unpaired) electrons. The summed E-state index contributed by atoms with van der Waals surface area (Å²) in [4.78, 5) is 10.5. The summed E-state index contributed by atoms with van der Waals surface area (Å²) in [7, 11) is -2.28. The van der Waals surface area contributed by atoms with Crippen LogP contribution in [0.4, 0.5) is 0 Å². The number of unbranched alkanes of at least 4 members (excludes halogenated alkanes) is 9. The molecule has 1 rings (SSSR count). The van der Waals surface area contributed by atoms with Crippen LogP contribution in [0, 0.1) is 0 Å². The maximum absolute atomic E-state index is 11.7. The zero-order valence-corrected chi connectivity index (χ0v) is 17.0. The Labute approximate surface area is 150 Å². The van der Waals surface area contributed by atoms with E-state index in [1.165, 1.54) is 70.6 Å². The molecule has 4 heteroatoms. The number of ether oxygens (including phenoxy) is 1. The minimum Gasteiger partial charge on any atom is -0.381 e. The first-order valence-corrected chi connectivity index (χ1v) is 12.0. The molecule has 1 atom stereocenters. The van der Waals surface area contributed by atoms with E-state index in [0.29, 0.717) is 11.5 Å². The summed E-state index contributed by atoms with van der Waals surface area (Å²) in [6.45, 7) is 6.05. The monoisotopic (exact) mass is 360 g/mol. The quantitative estimate of drug-likeness (QED) is 0.342. The molecule has 1 unspecified atom stereocenters. The summed E-state index contributed by atoms with van der Waals surface area (Å²) >= 11 is 0. The molecule has 0 bridgehead atoms. The predicted octanol–water partition coefficient (Wildman–Crippen LogP) is 5.47. The Kier molecular flexibility index (Phi) is 17.3. The Bertz CT molecular complexity index is 378. The SMILES string of the molecule is C1CCOCC1.CCCCCCCCCCCCS(=O)(=C=O)CC. The summed E-state index contributed by atoms with van der Waals surface area (Å²) in [5.74, 6) is 0.997. The van der Waals surface area contributed by atoms with Crippen molar-refractivity contribution in [3.63, 3.8) is 0 Å². The summed E-state index contributed by atoms with van der Waals surface area (Å²) in [6, 6.07) is 0. The Morgan fingerprint density at radius 2 is 1.29 bits per heavy atom. The van der Waals surface area contributed by atoms with Crippen LogP contribution in [-0.2, 0) is 19.1 Å². The van der Waals surface area contributed by atoms with Gasteiger partial charge in [-0.25, -0.2) is 4.79 Å². The summed E-state index contributed by atoms with van der Waals surface area (Å²) in [6.07, 6.45) is 16.6. The van der Waals surface area contributed by atoms with Crippen LogP contribution in [0.25, 0.3) is 0 Å². The van der Waals surface area contributed by atoms with Crippen molar-refractivity contribution in [1.29, 1.82) is 0 Å². The van der Waals surface area contributed by atoms with Gasteiger partial charge in [0, 0.05) is 34.2 Å². The van der Waals surface area contributed by atoms with E-state index >= 15 is 0 Å². The van der Waals surface area contributed by atoms with E-state index in [4.69, 9.17) is 4.74 Å². The van der Waals surface area contributed by atoms with E-state index < -0.39 is 9.52 Å². The molecule has 0 saturated carbocycles. The molecule has 0 amide bonds. The van der Waals surface area contributed by atoms with Crippen LogP contribution in [0.5, 0.6) is 0 Å². The molecule has 0 spiro atoms. The molecule has 3 nitrogen and oxygen atoms in total. The highest BCUT2D eigenvalue weighted by atomic mass is 32.2. The predicted molar refractivity (Wildman–Crippen MR) is 106 cm³/mol. The van der Waals surface area contributed by atoms with Gasteiger partial charge in [0.25, 0.3) is 0 Å². The minimum absolute atomic E-state index is 0.452. The Hall–Kier alpha value is -0.310. The molecule has 1 aliphatic rings. The largest absolute Gasteiger partial charge is 0.381 e. The van der Waals surface area contributed by atoms with Gasteiger partial charge < -0.3 is 4.74 Å². The topological polar surface area (TPSA) is 43.4 Å². The lowest BCUT2D eigenvalue weighted by Crippen LogP contribution is -2.09. The highest BCUT2D eigenvalue weighted by Crippen LogP contribution is 2.11. The molecule has 0 N–H and O–H groups in total. The third-order valence-electron chi connectivity index (χ3n) is 4.52. The number of hydrogen-bond acceptors (Lipinski definition) is 3. The highest BCUT2D eigenvalue weighted by Gasteiger charge is 2.04. The van der Waals surface area contributed by atoms with Gasteiger partial charge in [0.1, 0.15) is 0 Å². The van der Waals surface area contributed by atoms with Crippen molar-refractivity contribution >= 4 is 14.8 Å². The lowest BCUT2D eigenvalue weighted by atomic mass is 10.1. The fourth-order valence-corrected chi connectivity index (χ4v) is 3.91. The van der Waals surface area contributed by atoms with E-state index in [1.54, 1.807) is 5.23 Å². The van der Waals surface area contributed by atoms with Gasteiger partial charge in [-0.3, -0.25) is 4.21 Å². The maximum Gasteiger partial charge on any atom is 0.186 e. The second-order valence-corrected chi connectivity index (χ2v) is 9.52. The molecule has 1 fully saturated rings. The number of carbonyl (C=O) groups excluding carboxylic acids is 1. The molecule has 1 heterocycles. The third-order valence-corrected chi connectivity index (χ3v) is 6.71. The van der Waals surface area contributed by atoms with E-state index in [-0.39, 0.29) is 0 Å². The van der Waals surface area contributed by atoms with Gasteiger partial charge in [-0.2, -0.15) is 0 Å². The van der Waals surface area contributed by atoms with E-state index in [1.807, 2.05) is 6.92 Å². The van der Waals surface area contributed by atoms with Crippen molar-refractivity contribution in [3.05, 3.63) is 0 Å². The minimum atomic E-state index is -2.28. The molecule has 1 aliphatic heterocycles. The van der Waals surface area contributed by atoms with E-state index in [0.717, 1.165) is 26.1 Å². The van der Waals surface area contributed by atoms with Crippen molar-refractivity contribution in [2.75, 3.05) is 24.7 Å². The zero-order valence-electron chi connectivity index (χ0n) is 16.2. The standard InChI is InChI=1S/C15H30O2S.C5H10O/c1-3-5-6-7-8-9-10-11-12-13-14-18(17,4-2)15-16;1-2-4-6-5-3-1/h3-14H2,1-2H3;1-5H2. The fourth-order valence-electron chi connectivity index (χ4n) is 2.75. The summed E-state index contributed by atoms with van der Waals surface area (Å²) < 4.78 is 16.8. The van der Waals surface area contributed by atoms with Crippen molar-refractivity contribution in [1.82, 2.24) is 0 Å². The van der Waals surface area contributed by atoms with Crippen molar-refractivity contribution in [2.24, 2.45) is 0 Å². The highest BCUT2D eigenvalue weighted by molar-refractivity contribution is 8.00. The van der Waals surface area contributed by atoms with Gasteiger partial charge in [-0.05, 0) is 25.7 Å².